The SMILES string of the molecule is O=S(=O)([OH2+])c1ccc(CO)cc1. The summed E-state index contributed by atoms with van der Waals surface area (Å²) in [5.74, 6) is 0. The number of hydrogen-bond donors (Lipinski definition) is 1. The van der Waals surface area contributed by atoms with E-state index in [0.717, 1.165) is 0 Å². The van der Waals surface area contributed by atoms with Crippen molar-refractivity contribution in [1.82, 2.24) is 0 Å². The second-order valence-electron chi connectivity index (χ2n) is 2.31. The smallest absolute Gasteiger partial charge is 0.392 e. The zero-order chi connectivity index (χ0) is 9.19. The predicted molar refractivity (Wildman–Crippen MR) is 43.2 cm³/mol. The largest absolute Gasteiger partial charge is 0.409 e. The van der Waals surface area contributed by atoms with Crippen molar-refractivity contribution in [2.45, 2.75) is 11.5 Å². The molecule has 0 bridgehead atoms. The third-order valence-corrected chi connectivity index (χ3v) is 2.31. The van der Waals surface area contributed by atoms with Gasteiger partial charge >= 0.3 is 10.1 Å². The molecule has 0 amide bonds. The van der Waals surface area contributed by atoms with Crippen molar-refractivity contribution in [2.75, 3.05) is 0 Å². The molecule has 0 atom stereocenters. The molecule has 0 saturated heterocycles. The van der Waals surface area contributed by atoms with Crippen LogP contribution in [0.4, 0.5) is 0 Å². The summed E-state index contributed by atoms with van der Waals surface area (Å²) < 4.78 is 28.0. The maximum absolute atomic E-state index is 10.6. The molecule has 1 aromatic rings. The van der Waals surface area contributed by atoms with Gasteiger partial charge < -0.3 is 9.66 Å². The lowest BCUT2D eigenvalue weighted by atomic mass is 10.2. The van der Waals surface area contributed by atoms with E-state index in [9.17, 15) is 8.42 Å². The molecule has 1 aromatic carbocycles. The van der Waals surface area contributed by atoms with Crippen LogP contribution in [0.15, 0.2) is 29.2 Å². The summed E-state index contributed by atoms with van der Waals surface area (Å²) in [6.07, 6.45) is 0. The summed E-state index contributed by atoms with van der Waals surface area (Å²) in [5.41, 5.74) is 0.627. The molecule has 0 aliphatic carbocycles. The average Bonchev–Trinajstić information content (AvgIpc) is 2.03. The summed E-state index contributed by atoms with van der Waals surface area (Å²) in [5, 5.41) is 8.63. The lowest BCUT2D eigenvalue weighted by Crippen LogP contribution is -1.97. The van der Waals surface area contributed by atoms with Crippen molar-refractivity contribution >= 4 is 10.1 Å². The van der Waals surface area contributed by atoms with Crippen LogP contribution in [0.2, 0.25) is 0 Å². The molecule has 66 valence electrons. The molecule has 4 nitrogen and oxygen atoms in total. The van der Waals surface area contributed by atoms with Crippen LogP contribution in [0.25, 0.3) is 0 Å². The highest BCUT2D eigenvalue weighted by atomic mass is 32.2. The quantitative estimate of drug-likeness (QED) is 0.642. The highest BCUT2D eigenvalue weighted by Gasteiger charge is 2.12. The van der Waals surface area contributed by atoms with Crippen molar-refractivity contribution in [2.24, 2.45) is 0 Å². The number of benzene rings is 1. The molecule has 0 fully saturated rings. The van der Waals surface area contributed by atoms with Crippen LogP contribution >= 0.6 is 0 Å². The van der Waals surface area contributed by atoms with Gasteiger partial charge in [0.25, 0.3) is 0 Å². The normalized spacial score (nSPS) is 11.5. The number of hydrogen-bond acceptors (Lipinski definition) is 3. The number of rotatable bonds is 2. The van der Waals surface area contributed by atoms with Gasteiger partial charge in [-0.2, -0.15) is 0 Å². The van der Waals surface area contributed by atoms with E-state index >= 15 is 0 Å². The number of aliphatic hydroxyl groups excluding tert-OH is 1. The Labute approximate surface area is 70.2 Å². The first-order valence-corrected chi connectivity index (χ1v) is 4.72. The minimum absolute atomic E-state index is 0.0558. The molecule has 0 aliphatic rings. The summed E-state index contributed by atoms with van der Waals surface area (Å²) in [6.45, 7) is -0.127. The van der Waals surface area contributed by atoms with E-state index in [4.69, 9.17) is 9.66 Å². The van der Waals surface area contributed by atoms with Crippen LogP contribution in [0.3, 0.4) is 0 Å². The summed E-state index contributed by atoms with van der Waals surface area (Å²) >= 11 is 0. The minimum atomic E-state index is -3.86. The average molecular weight is 189 g/mol. The first-order valence-electron chi connectivity index (χ1n) is 3.23. The van der Waals surface area contributed by atoms with Gasteiger partial charge in [0.2, 0.25) is 0 Å². The first-order chi connectivity index (χ1) is 5.54. The van der Waals surface area contributed by atoms with Gasteiger partial charge in [-0.1, -0.05) is 12.1 Å². The van der Waals surface area contributed by atoms with E-state index in [2.05, 4.69) is 0 Å². The molecular formula is C7H9O4S+. The van der Waals surface area contributed by atoms with Crippen LogP contribution in [0, 0.1) is 0 Å². The van der Waals surface area contributed by atoms with Gasteiger partial charge in [0.15, 0.2) is 0 Å². The fraction of sp³-hybridized carbons (Fsp3) is 0.143. The third kappa shape index (κ3) is 2.04. The van der Waals surface area contributed by atoms with Gasteiger partial charge in [-0.15, -0.1) is 8.42 Å². The third-order valence-electron chi connectivity index (χ3n) is 1.42. The highest BCUT2D eigenvalue weighted by molar-refractivity contribution is 7.85. The second-order valence-corrected chi connectivity index (χ2v) is 3.78. The molecule has 12 heavy (non-hydrogen) atoms. The van der Waals surface area contributed by atoms with Crippen LogP contribution in [-0.2, 0) is 16.7 Å². The molecule has 0 aliphatic heterocycles. The Kier molecular flexibility index (Phi) is 2.46. The Bertz CT molecular complexity index is 351. The Morgan fingerprint density at radius 1 is 1.25 bits per heavy atom. The molecule has 0 radical (unpaired) electrons. The molecule has 3 N–H and O–H groups in total. The molecule has 1 rings (SSSR count). The fourth-order valence-corrected chi connectivity index (χ4v) is 1.27. The Morgan fingerprint density at radius 3 is 2.08 bits per heavy atom. The Morgan fingerprint density at radius 2 is 1.75 bits per heavy atom. The van der Waals surface area contributed by atoms with E-state index in [-0.39, 0.29) is 11.5 Å². The van der Waals surface area contributed by atoms with Gasteiger partial charge in [-0.05, 0) is 17.7 Å². The summed E-state index contributed by atoms with van der Waals surface area (Å²) in [6, 6.07) is 5.55. The molecule has 5 heteroatoms. The van der Waals surface area contributed by atoms with Gasteiger partial charge in [-0.25, -0.2) is 0 Å². The maximum Gasteiger partial charge on any atom is 0.409 e. The van der Waals surface area contributed by atoms with Crippen molar-refractivity contribution in [3.8, 4) is 0 Å². The fourth-order valence-electron chi connectivity index (χ4n) is 0.774. The zero-order valence-electron chi connectivity index (χ0n) is 6.19. The molecule has 0 unspecified atom stereocenters. The van der Waals surface area contributed by atoms with Crippen LogP contribution < -0.4 is 0 Å². The van der Waals surface area contributed by atoms with Gasteiger partial charge in [0, 0.05) is 0 Å². The van der Waals surface area contributed by atoms with E-state index in [0.29, 0.717) is 5.56 Å². The summed E-state index contributed by atoms with van der Waals surface area (Å²) in [4.78, 5) is -0.0558. The maximum atomic E-state index is 10.6. The van der Waals surface area contributed by atoms with Crippen molar-refractivity contribution in [3.05, 3.63) is 29.8 Å². The van der Waals surface area contributed by atoms with E-state index < -0.39 is 10.1 Å². The van der Waals surface area contributed by atoms with E-state index in [1.807, 2.05) is 0 Å². The van der Waals surface area contributed by atoms with Crippen molar-refractivity contribution < 1.29 is 18.1 Å². The first kappa shape index (κ1) is 9.18. The van der Waals surface area contributed by atoms with Crippen LogP contribution in [-0.4, -0.2) is 18.1 Å². The highest BCUT2D eigenvalue weighted by Crippen LogP contribution is 2.09. The van der Waals surface area contributed by atoms with Crippen molar-refractivity contribution in [1.29, 1.82) is 0 Å². The second kappa shape index (κ2) is 3.22. The summed E-state index contributed by atoms with van der Waals surface area (Å²) in [7, 11) is -3.86. The minimum Gasteiger partial charge on any atom is -0.392 e. The van der Waals surface area contributed by atoms with Crippen LogP contribution in [0.1, 0.15) is 5.56 Å². The van der Waals surface area contributed by atoms with E-state index in [1.165, 1.54) is 24.3 Å². The monoisotopic (exact) mass is 189 g/mol. The Hall–Kier alpha value is -0.910. The molecule has 0 spiro atoms. The standard InChI is InChI=1S/C7H8O4S/c8-5-6-1-3-7(4-2-6)12(9,10)11/h1-4,8H,5H2,(H,9,10,11)/p+1. The molecular weight excluding hydrogens is 180 g/mol. The van der Waals surface area contributed by atoms with Gasteiger partial charge in [0.05, 0.1) is 6.61 Å². The predicted octanol–water partition coefficient (Wildman–Crippen LogP) is -0.408. The molecule has 0 aromatic heterocycles. The topological polar surface area (TPSA) is 77.3 Å². The zero-order valence-corrected chi connectivity index (χ0v) is 7.00. The molecule has 0 saturated carbocycles. The number of aliphatic hydroxyl groups is 1. The lowest BCUT2D eigenvalue weighted by Gasteiger charge is -1.95. The van der Waals surface area contributed by atoms with Gasteiger partial charge in [0.1, 0.15) is 4.90 Å². The lowest BCUT2D eigenvalue weighted by molar-refractivity contribution is 0.281. The van der Waals surface area contributed by atoms with E-state index in [1.54, 1.807) is 0 Å². The Balaban J connectivity index is 3.09. The van der Waals surface area contributed by atoms with Crippen LogP contribution in [0.5, 0.6) is 0 Å². The van der Waals surface area contributed by atoms with Crippen molar-refractivity contribution in [3.63, 3.8) is 0 Å². The molecule has 0 heterocycles. The van der Waals surface area contributed by atoms with Gasteiger partial charge in [-0.3, -0.25) is 0 Å².